The molecule has 0 saturated carbocycles. The molecule has 2 N–H and O–H groups in total. The molecular formula is C21H34N6O3. The summed E-state index contributed by atoms with van der Waals surface area (Å²) in [6.45, 7) is 3.97. The van der Waals surface area contributed by atoms with Crippen LogP contribution in [0.1, 0.15) is 24.1 Å². The number of hydrogen-bond donors (Lipinski definition) is 2. The largest absolute Gasteiger partial charge is 0.493 e. The molecule has 0 aliphatic rings. The van der Waals surface area contributed by atoms with Crippen molar-refractivity contribution in [3.05, 3.63) is 35.7 Å². The van der Waals surface area contributed by atoms with Gasteiger partial charge < -0.3 is 29.7 Å². The molecule has 1 heterocycles. The van der Waals surface area contributed by atoms with E-state index in [0.717, 1.165) is 23.6 Å². The molecule has 166 valence electrons. The van der Waals surface area contributed by atoms with Crippen molar-refractivity contribution < 1.29 is 14.2 Å². The van der Waals surface area contributed by atoms with Crippen molar-refractivity contribution in [3.8, 4) is 17.2 Å². The molecule has 0 aliphatic heterocycles. The van der Waals surface area contributed by atoms with E-state index >= 15 is 0 Å². The first-order chi connectivity index (χ1) is 14.4. The van der Waals surface area contributed by atoms with Gasteiger partial charge in [0, 0.05) is 31.9 Å². The lowest BCUT2D eigenvalue weighted by molar-refractivity contribution is 0.298. The molecule has 9 nitrogen and oxygen atoms in total. The highest BCUT2D eigenvalue weighted by Gasteiger charge is 2.17. The van der Waals surface area contributed by atoms with E-state index in [1.807, 2.05) is 43.2 Å². The highest BCUT2D eigenvalue weighted by molar-refractivity contribution is 5.79. The molecule has 1 unspecified atom stereocenters. The standard InChI is InChI=1S/C21H34N6O3/c1-8-22-21(24-13-17(26(2)3)16-12-25-27(4)14-16)23-11-15-9-18(28-5)20(30-7)19(10-15)29-6/h9-10,12,14,17H,8,11,13H2,1-7H3,(H2,22,23,24). The quantitative estimate of drug-likeness (QED) is 0.450. The Labute approximate surface area is 179 Å². The van der Waals surface area contributed by atoms with Gasteiger partial charge in [-0.05, 0) is 38.7 Å². The molecule has 30 heavy (non-hydrogen) atoms. The van der Waals surface area contributed by atoms with Crippen LogP contribution < -0.4 is 24.8 Å². The highest BCUT2D eigenvalue weighted by Crippen LogP contribution is 2.38. The second-order valence-electron chi connectivity index (χ2n) is 7.04. The molecule has 0 saturated heterocycles. The summed E-state index contributed by atoms with van der Waals surface area (Å²) in [6, 6.07) is 3.99. The third-order valence-electron chi connectivity index (χ3n) is 4.68. The van der Waals surface area contributed by atoms with Crippen LogP contribution in [0, 0.1) is 0 Å². The third-order valence-corrected chi connectivity index (χ3v) is 4.68. The molecule has 0 amide bonds. The van der Waals surface area contributed by atoms with Crippen molar-refractivity contribution in [1.82, 2.24) is 25.3 Å². The minimum Gasteiger partial charge on any atom is -0.493 e. The minimum absolute atomic E-state index is 0.170. The monoisotopic (exact) mass is 418 g/mol. The van der Waals surface area contributed by atoms with Gasteiger partial charge in [-0.2, -0.15) is 5.10 Å². The predicted octanol–water partition coefficient (Wildman–Crippen LogP) is 1.80. The summed E-state index contributed by atoms with van der Waals surface area (Å²) in [5, 5.41) is 11.0. The molecule has 0 bridgehead atoms. The number of hydrogen-bond acceptors (Lipinski definition) is 6. The zero-order chi connectivity index (χ0) is 22.1. The summed E-state index contributed by atoms with van der Waals surface area (Å²) >= 11 is 0. The Bertz CT molecular complexity index is 809. The SMILES string of the molecule is CCNC(=NCc1cc(OC)c(OC)c(OC)c1)NCC(c1cnn(C)c1)N(C)C. The normalized spacial score (nSPS) is 12.6. The molecule has 2 rings (SSSR count). The van der Waals surface area contributed by atoms with Crippen LogP contribution in [0.25, 0.3) is 0 Å². The number of guanidine groups is 1. The molecule has 0 aliphatic carbocycles. The van der Waals surface area contributed by atoms with Crippen LogP contribution in [0.3, 0.4) is 0 Å². The van der Waals surface area contributed by atoms with E-state index in [2.05, 4.69) is 34.7 Å². The first kappa shape index (κ1) is 23.3. The lowest BCUT2D eigenvalue weighted by atomic mass is 10.1. The van der Waals surface area contributed by atoms with Crippen LogP contribution in [0.4, 0.5) is 0 Å². The van der Waals surface area contributed by atoms with Gasteiger partial charge in [-0.25, -0.2) is 4.99 Å². The number of aliphatic imine (C=N–C) groups is 1. The Hall–Kier alpha value is -2.94. The van der Waals surface area contributed by atoms with Gasteiger partial charge >= 0.3 is 0 Å². The molecule has 9 heteroatoms. The van der Waals surface area contributed by atoms with E-state index < -0.39 is 0 Å². The zero-order valence-electron chi connectivity index (χ0n) is 19.0. The van der Waals surface area contributed by atoms with E-state index in [1.165, 1.54) is 0 Å². The number of methoxy groups -OCH3 is 3. The van der Waals surface area contributed by atoms with Gasteiger partial charge in [0.15, 0.2) is 17.5 Å². The topological polar surface area (TPSA) is 85.2 Å². The van der Waals surface area contributed by atoms with Crippen LogP contribution in [0.5, 0.6) is 17.2 Å². The number of aryl methyl sites for hydroxylation is 1. The van der Waals surface area contributed by atoms with Crippen LogP contribution in [0.2, 0.25) is 0 Å². The smallest absolute Gasteiger partial charge is 0.203 e. The Morgan fingerprint density at radius 1 is 1.13 bits per heavy atom. The van der Waals surface area contributed by atoms with Gasteiger partial charge in [0.05, 0.1) is 40.1 Å². The van der Waals surface area contributed by atoms with Gasteiger partial charge in [0.25, 0.3) is 0 Å². The second-order valence-corrected chi connectivity index (χ2v) is 7.04. The Morgan fingerprint density at radius 3 is 2.27 bits per heavy atom. The molecule has 1 atom stereocenters. The van der Waals surface area contributed by atoms with Crippen LogP contribution in [-0.4, -0.2) is 69.2 Å². The fraction of sp³-hybridized carbons (Fsp3) is 0.524. The number of aromatic nitrogens is 2. The Morgan fingerprint density at radius 2 is 1.80 bits per heavy atom. The van der Waals surface area contributed by atoms with Crippen LogP contribution >= 0.6 is 0 Å². The van der Waals surface area contributed by atoms with Gasteiger partial charge in [-0.3, -0.25) is 4.68 Å². The molecule has 0 fully saturated rings. The molecular weight excluding hydrogens is 384 g/mol. The third kappa shape index (κ3) is 6.03. The summed E-state index contributed by atoms with van der Waals surface area (Å²) in [4.78, 5) is 6.88. The number of benzene rings is 1. The van der Waals surface area contributed by atoms with Crippen molar-refractivity contribution in [1.29, 1.82) is 0 Å². The van der Waals surface area contributed by atoms with E-state index in [-0.39, 0.29) is 6.04 Å². The summed E-state index contributed by atoms with van der Waals surface area (Å²) in [5.74, 6) is 2.54. The fourth-order valence-electron chi connectivity index (χ4n) is 3.14. The summed E-state index contributed by atoms with van der Waals surface area (Å²) in [6.07, 6.45) is 3.93. The van der Waals surface area contributed by atoms with E-state index in [0.29, 0.717) is 30.3 Å². The van der Waals surface area contributed by atoms with Crippen molar-refractivity contribution >= 4 is 5.96 Å². The van der Waals surface area contributed by atoms with Crippen LogP contribution in [-0.2, 0) is 13.6 Å². The number of ether oxygens (including phenoxy) is 3. The maximum absolute atomic E-state index is 5.43. The van der Waals surface area contributed by atoms with E-state index in [9.17, 15) is 0 Å². The maximum Gasteiger partial charge on any atom is 0.203 e. The van der Waals surface area contributed by atoms with E-state index in [4.69, 9.17) is 19.2 Å². The molecule has 0 radical (unpaired) electrons. The number of likely N-dealkylation sites (N-methyl/N-ethyl adjacent to an activating group) is 1. The average Bonchev–Trinajstić information content (AvgIpc) is 3.16. The average molecular weight is 419 g/mol. The Balaban J connectivity index is 2.15. The van der Waals surface area contributed by atoms with E-state index in [1.54, 1.807) is 21.3 Å². The lowest BCUT2D eigenvalue weighted by Crippen LogP contribution is -2.41. The summed E-state index contributed by atoms with van der Waals surface area (Å²) in [7, 11) is 10.8. The second kappa shape index (κ2) is 11.3. The zero-order valence-corrected chi connectivity index (χ0v) is 19.0. The number of rotatable bonds is 10. The molecule has 0 spiro atoms. The van der Waals surface area contributed by atoms with Crippen molar-refractivity contribution in [2.45, 2.75) is 19.5 Å². The molecule has 1 aromatic carbocycles. The van der Waals surface area contributed by atoms with Gasteiger partial charge in [0.2, 0.25) is 5.75 Å². The Kier molecular flexibility index (Phi) is 8.79. The number of nitrogens with zero attached hydrogens (tertiary/aromatic N) is 4. The fourth-order valence-corrected chi connectivity index (χ4v) is 3.14. The maximum atomic E-state index is 5.43. The van der Waals surface area contributed by atoms with Crippen molar-refractivity contribution in [2.75, 3.05) is 48.5 Å². The van der Waals surface area contributed by atoms with Crippen molar-refractivity contribution in [2.24, 2.45) is 12.0 Å². The summed E-state index contributed by atoms with van der Waals surface area (Å²) in [5.41, 5.74) is 2.11. The van der Waals surface area contributed by atoms with Gasteiger partial charge in [0.1, 0.15) is 0 Å². The molecule has 2 aromatic rings. The van der Waals surface area contributed by atoms with Crippen molar-refractivity contribution in [3.63, 3.8) is 0 Å². The lowest BCUT2D eigenvalue weighted by Gasteiger charge is -2.24. The summed E-state index contributed by atoms with van der Waals surface area (Å²) < 4.78 is 18.1. The molecule has 1 aromatic heterocycles. The first-order valence-electron chi connectivity index (χ1n) is 9.89. The van der Waals surface area contributed by atoms with Gasteiger partial charge in [-0.15, -0.1) is 0 Å². The number of nitrogens with one attached hydrogen (secondary N) is 2. The minimum atomic E-state index is 0.170. The van der Waals surface area contributed by atoms with Gasteiger partial charge in [-0.1, -0.05) is 0 Å². The highest BCUT2D eigenvalue weighted by atomic mass is 16.5. The van der Waals surface area contributed by atoms with Crippen LogP contribution in [0.15, 0.2) is 29.5 Å². The first-order valence-corrected chi connectivity index (χ1v) is 9.89. The predicted molar refractivity (Wildman–Crippen MR) is 119 cm³/mol.